The number of hydrogen-bond donors (Lipinski definition) is 1. The van der Waals surface area contributed by atoms with Crippen LogP contribution >= 0.6 is 0 Å². The highest BCUT2D eigenvalue weighted by atomic mass is 16.5. The maximum Gasteiger partial charge on any atom is 0.0622 e. The molecular formula is C14H28N2O. The Bertz CT molecular complexity index is 222. The minimum Gasteiger partial charge on any atom is -0.378 e. The lowest BCUT2D eigenvalue weighted by atomic mass is 9.90. The van der Waals surface area contributed by atoms with Gasteiger partial charge in [0.25, 0.3) is 0 Å². The molecule has 17 heavy (non-hydrogen) atoms. The van der Waals surface area contributed by atoms with Crippen LogP contribution in [0, 0.1) is 0 Å². The van der Waals surface area contributed by atoms with Crippen molar-refractivity contribution < 1.29 is 4.74 Å². The fourth-order valence-electron chi connectivity index (χ4n) is 3.36. The fraction of sp³-hybridized carbons (Fsp3) is 1.00. The molecule has 3 nitrogen and oxygen atoms in total. The summed E-state index contributed by atoms with van der Waals surface area (Å²) in [6.07, 6.45) is 9.12. The second kappa shape index (κ2) is 6.72. The molecule has 2 aliphatic rings. The zero-order valence-corrected chi connectivity index (χ0v) is 11.2. The van der Waals surface area contributed by atoms with Crippen molar-refractivity contribution in [3.05, 3.63) is 0 Å². The molecule has 2 rings (SSSR count). The van der Waals surface area contributed by atoms with Gasteiger partial charge in [-0.15, -0.1) is 0 Å². The van der Waals surface area contributed by atoms with Gasteiger partial charge in [-0.2, -0.15) is 0 Å². The van der Waals surface area contributed by atoms with Crippen LogP contribution in [0.5, 0.6) is 0 Å². The summed E-state index contributed by atoms with van der Waals surface area (Å²) >= 11 is 0. The third kappa shape index (κ3) is 3.43. The Hall–Kier alpha value is -0.120. The van der Waals surface area contributed by atoms with Crippen LogP contribution < -0.4 is 5.73 Å². The summed E-state index contributed by atoms with van der Waals surface area (Å²) in [5, 5.41) is 0. The van der Waals surface area contributed by atoms with E-state index < -0.39 is 0 Å². The first-order valence-corrected chi connectivity index (χ1v) is 7.42. The van der Waals surface area contributed by atoms with Crippen LogP contribution in [0.3, 0.4) is 0 Å². The second-order valence-corrected chi connectivity index (χ2v) is 5.60. The van der Waals surface area contributed by atoms with Crippen molar-refractivity contribution in [1.29, 1.82) is 0 Å². The third-order valence-electron chi connectivity index (χ3n) is 4.45. The molecule has 0 bridgehead atoms. The lowest BCUT2D eigenvalue weighted by molar-refractivity contribution is -0.0386. The Balaban J connectivity index is 2.00. The van der Waals surface area contributed by atoms with Crippen LogP contribution in [0.4, 0.5) is 0 Å². The van der Waals surface area contributed by atoms with Gasteiger partial charge in [-0.05, 0) is 19.3 Å². The molecule has 0 aromatic heterocycles. The van der Waals surface area contributed by atoms with E-state index in [2.05, 4.69) is 11.8 Å². The molecule has 0 spiro atoms. The van der Waals surface area contributed by atoms with Gasteiger partial charge in [0.2, 0.25) is 0 Å². The molecule has 0 aromatic rings. The first kappa shape index (κ1) is 13.3. The van der Waals surface area contributed by atoms with Gasteiger partial charge in [0.1, 0.15) is 0 Å². The standard InChI is InChI=1S/C14H28N2O/c1-2-12-11-17-10-9-16(12)14-8-6-4-3-5-7-13(14)15/h12-14H,2-11,15H2,1H3. The number of nitrogens with two attached hydrogens (primary N) is 1. The highest BCUT2D eigenvalue weighted by Gasteiger charge is 2.31. The SMILES string of the molecule is CCC1COCCN1C1CCCCCCC1N. The zero-order chi connectivity index (χ0) is 12.1. The van der Waals surface area contributed by atoms with E-state index in [1.165, 1.54) is 44.9 Å². The number of ether oxygens (including phenoxy) is 1. The van der Waals surface area contributed by atoms with Gasteiger partial charge >= 0.3 is 0 Å². The molecule has 1 heterocycles. The molecule has 0 aromatic carbocycles. The van der Waals surface area contributed by atoms with Gasteiger partial charge in [-0.25, -0.2) is 0 Å². The maximum atomic E-state index is 6.41. The van der Waals surface area contributed by atoms with Crippen molar-refractivity contribution in [2.45, 2.75) is 70.0 Å². The summed E-state index contributed by atoms with van der Waals surface area (Å²) in [4.78, 5) is 2.65. The summed E-state index contributed by atoms with van der Waals surface area (Å²) in [5.41, 5.74) is 6.41. The van der Waals surface area contributed by atoms with E-state index in [1.54, 1.807) is 0 Å². The molecule has 3 heteroatoms. The second-order valence-electron chi connectivity index (χ2n) is 5.60. The Labute approximate surface area is 106 Å². The normalized spacial score (nSPS) is 37.4. The topological polar surface area (TPSA) is 38.5 Å². The Morgan fingerprint density at radius 1 is 1.18 bits per heavy atom. The van der Waals surface area contributed by atoms with Crippen LogP contribution in [0.2, 0.25) is 0 Å². The van der Waals surface area contributed by atoms with Crippen molar-refractivity contribution in [3.63, 3.8) is 0 Å². The molecular weight excluding hydrogens is 212 g/mol. The minimum absolute atomic E-state index is 0.377. The lowest BCUT2D eigenvalue weighted by Gasteiger charge is -2.43. The van der Waals surface area contributed by atoms with Gasteiger partial charge < -0.3 is 10.5 Å². The summed E-state index contributed by atoms with van der Waals surface area (Å²) in [7, 11) is 0. The zero-order valence-electron chi connectivity index (χ0n) is 11.2. The molecule has 1 saturated carbocycles. The van der Waals surface area contributed by atoms with Gasteiger partial charge in [0, 0.05) is 24.7 Å². The first-order chi connectivity index (χ1) is 8.33. The lowest BCUT2D eigenvalue weighted by Crippen LogP contribution is -2.56. The average molecular weight is 240 g/mol. The first-order valence-electron chi connectivity index (χ1n) is 7.42. The van der Waals surface area contributed by atoms with E-state index in [-0.39, 0.29) is 0 Å². The largest absolute Gasteiger partial charge is 0.378 e. The van der Waals surface area contributed by atoms with Crippen LogP contribution in [-0.2, 0) is 4.74 Å². The van der Waals surface area contributed by atoms with E-state index in [0.29, 0.717) is 18.1 Å². The number of morpholine rings is 1. The van der Waals surface area contributed by atoms with E-state index >= 15 is 0 Å². The van der Waals surface area contributed by atoms with Gasteiger partial charge in [0.05, 0.1) is 13.2 Å². The molecule has 1 aliphatic heterocycles. The average Bonchev–Trinajstić information content (AvgIpc) is 2.35. The van der Waals surface area contributed by atoms with Gasteiger partial charge in [-0.3, -0.25) is 4.90 Å². The fourth-order valence-corrected chi connectivity index (χ4v) is 3.36. The van der Waals surface area contributed by atoms with Crippen molar-refractivity contribution >= 4 is 0 Å². The Morgan fingerprint density at radius 3 is 2.71 bits per heavy atom. The molecule has 3 atom stereocenters. The van der Waals surface area contributed by atoms with E-state index in [9.17, 15) is 0 Å². The van der Waals surface area contributed by atoms with Crippen molar-refractivity contribution in [2.24, 2.45) is 5.73 Å². The van der Waals surface area contributed by atoms with Crippen LogP contribution in [0.15, 0.2) is 0 Å². The third-order valence-corrected chi connectivity index (χ3v) is 4.45. The quantitative estimate of drug-likeness (QED) is 0.804. The predicted molar refractivity (Wildman–Crippen MR) is 71.1 cm³/mol. The van der Waals surface area contributed by atoms with Gasteiger partial charge in [0.15, 0.2) is 0 Å². The molecule has 1 saturated heterocycles. The molecule has 2 fully saturated rings. The van der Waals surface area contributed by atoms with Crippen LogP contribution in [0.1, 0.15) is 51.9 Å². The van der Waals surface area contributed by atoms with Crippen molar-refractivity contribution in [1.82, 2.24) is 4.90 Å². The Kier molecular flexibility index (Phi) is 5.26. The highest BCUT2D eigenvalue weighted by molar-refractivity contribution is 4.88. The summed E-state index contributed by atoms with van der Waals surface area (Å²) in [5.74, 6) is 0. The summed E-state index contributed by atoms with van der Waals surface area (Å²) in [6.45, 7) is 5.14. The molecule has 0 amide bonds. The smallest absolute Gasteiger partial charge is 0.0622 e. The van der Waals surface area contributed by atoms with Crippen molar-refractivity contribution in [3.8, 4) is 0 Å². The molecule has 0 radical (unpaired) electrons. The summed E-state index contributed by atoms with van der Waals surface area (Å²) < 4.78 is 5.60. The maximum absolute atomic E-state index is 6.41. The highest BCUT2D eigenvalue weighted by Crippen LogP contribution is 2.24. The number of nitrogens with zero attached hydrogens (tertiary/aromatic N) is 1. The molecule has 1 aliphatic carbocycles. The minimum atomic E-state index is 0.377. The van der Waals surface area contributed by atoms with Crippen LogP contribution in [-0.4, -0.2) is 42.8 Å². The van der Waals surface area contributed by atoms with Crippen molar-refractivity contribution in [2.75, 3.05) is 19.8 Å². The number of hydrogen-bond acceptors (Lipinski definition) is 3. The number of rotatable bonds is 2. The van der Waals surface area contributed by atoms with Crippen LogP contribution in [0.25, 0.3) is 0 Å². The Morgan fingerprint density at radius 2 is 1.94 bits per heavy atom. The molecule has 2 N–H and O–H groups in total. The molecule has 3 unspecified atom stereocenters. The molecule has 100 valence electrons. The van der Waals surface area contributed by atoms with E-state index in [4.69, 9.17) is 10.5 Å². The van der Waals surface area contributed by atoms with Gasteiger partial charge in [-0.1, -0.05) is 32.6 Å². The summed E-state index contributed by atoms with van der Waals surface area (Å²) in [6, 6.07) is 1.57. The predicted octanol–water partition coefficient (Wildman–Crippen LogP) is 2.15. The van der Waals surface area contributed by atoms with E-state index in [0.717, 1.165) is 19.8 Å². The monoisotopic (exact) mass is 240 g/mol. The van der Waals surface area contributed by atoms with E-state index in [1.807, 2.05) is 0 Å².